The SMILES string of the molecule is CN(C)/C=C1\C=COC1=S. The van der Waals surface area contributed by atoms with Gasteiger partial charge in [0, 0.05) is 25.9 Å². The van der Waals surface area contributed by atoms with Crippen LogP contribution >= 0.6 is 12.2 Å². The molecule has 0 unspecified atom stereocenters. The summed E-state index contributed by atoms with van der Waals surface area (Å²) in [6.45, 7) is 0. The standard InChI is InChI=1S/C7H9NOS/c1-8(2)5-6-3-4-9-7(6)10/h3-5H,1-2H3/b6-5+. The second-order valence-corrected chi connectivity index (χ2v) is 2.63. The van der Waals surface area contributed by atoms with Crippen molar-refractivity contribution in [3.8, 4) is 0 Å². The molecule has 0 aliphatic carbocycles. The summed E-state index contributed by atoms with van der Waals surface area (Å²) < 4.78 is 4.92. The van der Waals surface area contributed by atoms with Gasteiger partial charge in [-0.3, -0.25) is 0 Å². The largest absolute Gasteiger partial charge is 0.453 e. The smallest absolute Gasteiger partial charge is 0.198 e. The highest BCUT2D eigenvalue weighted by atomic mass is 32.1. The van der Waals surface area contributed by atoms with Crippen molar-refractivity contribution in [2.75, 3.05) is 14.1 Å². The lowest BCUT2D eigenvalue weighted by molar-refractivity contribution is 0.498. The number of hydrogen-bond acceptors (Lipinski definition) is 3. The molecule has 0 saturated carbocycles. The van der Waals surface area contributed by atoms with Gasteiger partial charge in [-0.2, -0.15) is 0 Å². The van der Waals surface area contributed by atoms with Gasteiger partial charge in [-0.15, -0.1) is 0 Å². The molecule has 2 nitrogen and oxygen atoms in total. The maximum atomic E-state index is 4.92. The molecular formula is C7H9NOS. The van der Waals surface area contributed by atoms with Crippen molar-refractivity contribution in [2.24, 2.45) is 0 Å². The minimum Gasteiger partial charge on any atom is -0.453 e. The monoisotopic (exact) mass is 155 g/mol. The van der Waals surface area contributed by atoms with Crippen LogP contribution < -0.4 is 0 Å². The predicted octanol–water partition coefficient (Wildman–Crippen LogP) is 1.30. The second-order valence-electron chi connectivity index (χ2n) is 2.26. The molecule has 0 radical (unpaired) electrons. The van der Waals surface area contributed by atoms with Gasteiger partial charge in [0.05, 0.1) is 6.26 Å². The van der Waals surface area contributed by atoms with E-state index in [4.69, 9.17) is 17.0 Å². The highest BCUT2D eigenvalue weighted by Crippen LogP contribution is 2.10. The fourth-order valence-corrected chi connectivity index (χ4v) is 0.855. The molecule has 0 aromatic heterocycles. The van der Waals surface area contributed by atoms with Gasteiger partial charge in [0.2, 0.25) is 0 Å². The summed E-state index contributed by atoms with van der Waals surface area (Å²) in [6.07, 6.45) is 5.37. The topological polar surface area (TPSA) is 12.5 Å². The van der Waals surface area contributed by atoms with Crippen LogP contribution in [0.1, 0.15) is 0 Å². The normalized spacial score (nSPS) is 19.8. The van der Waals surface area contributed by atoms with Crippen molar-refractivity contribution in [3.63, 3.8) is 0 Å². The molecule has 10 heavy (non-hydrogen) atoms. The van der Waals surface area contributed by atoms with Gasteiger partial charge in [-0.1, -0.05) is 0 Å². The Morgan fingerprint density at radius 2 is 2.30 bits per heavy atom. The molecule has 0 spiro atoms. The van der Waals surface area contributed by atoms with Crippen LogP contribution in [0.5, 0.6) is 0 Å². The molecule has 0 N–H and O–H groups in total. The van der Waals surface area contributed by atoms with Gasteiger partial charge in [0.1, 0.15) is 0 Å². The highest BCUT2D eigenvalue weighted by molar-refractivity contribution is 7.80. The zero-order valence-electron chi connectivity index (χ0n) is 6.00. The van der Waals surface area contributed by atoms with Crippen LogP contribution in [-0.4, -0.2) is 24.0 Å². The molecular weight excluding hydrogens is 146 g/mol. The lowest BCUT2D eigenvalue weighted by Gasteiger charge is -2.04. The van der Waals surface area contributed by atoms with Crippen LogP contribution in [0.4, 0.5) is 0 Å². The molecule has 54 valence electrons. The van der Waals surface area contributed by atoms with Gasteiger partial charge < -0.3 is 9.64 Å². The molecule has 0 aromatic rings. The predicted molar refractivity (Wildman–Crippen MR) is 44.6 cm³/mol. The average Bonchev–Trinajstić information content (AvgIpc) is 2.15. The van der Waals surface area contributed by atoms with E-state index in [1.807, 2.05) is 31.3 Å². The first-order chi connectivity index (χ1) is 4.70. The van der Waals surface area contributed by atoms with Crippen LogP contribution in [0.2, 0.25) is 0 Å². The Kier molecular flexibility index (Phi) is 2.06. The number of rotatable bonds is 1. The van der Waals surface area contributed by atoms with E-state index in [1.165, 1.54) is 0 Å². The number of ether oxygens (including phenoxy) is 1. The minimum atomic E-state index is 0.550. The van der Waals surface area contributed by atoms with E-state index in [9.17, 15) is 0 Å². The molecule has 3 heteroatoms. The molecule has 1 aliphatic rings. The van der Waals surface area contributed by atoms with Crippen LogP contribution in [-0.2, 0) is 4.74 Å². The summed E-state index contributed by atoms with van der Waals surface area (Å²) in [5.74, 6) is 0. The molecule has 0 aromatic carbocycles. The van der Waals surface area contributed by atoms with Crippen molar-refractivity contribution in [1.29, 1.82) is 0 Å². The third-order valence-corrected chi connectivity index (χ3v) is 1.39. The molecule has 0 saturated heterocycles. The minimum absolute atomic E-state index is 0.550. The Labute approximate surface area is 65.8 Å². The molecule has 1 aliphatic heterocycles. The van der Waals surface area contributed by atoms with Crippen molar-refractivity contribution in [3.05, 3.63) is 24.1 Å². The van der Waals surface area contributed by atoms with E-state index >= 15 is 0 Å². The van der Waals surface area contributed by atoms with Crippen molar-refractivity contribution < 1.29 is 4.74 Å². The van der Waals surface area contributed by atoms with Gasteiger partial charge in [0.15, 0.2) is 5.05 Å². The maximum Gasteiger partial charge on any atom is 0.198 e. The third kappa shape index (κ3) is 1.57. The summed E-state index contributed by atoms with van der Waals surface area (Å²) in [5, 5.41) is 0.550. The quantitative estimate of drug-likeness (QED) is 0.418. The van der Waals surface area contributed by atoms with Crippen molar-refractivity contribution in [2.45, 2.75) is 0 Å². The van der Waals surface area contributed by atoms with E-state index in [2.05, 4.69) is 0 Å². The molecule has 0 fully saturated rings. The zero-order valence-corrected chi connectivity index (χ0v) is 6.81. The highest BCUT2D eigenvalue weighted by Gasteiger charge is 2.07. The Morgan fingerprint density at radius 1 is 1.60 bits per heavy atom. The first-order valence-electron chi connectivity index (χ1n) is 2.96. The van der Waals surface area contributed by atoms with Crippen LogP contribution in [0.3, 0.4) is 0 Å². The lowest BCUT2D eigenvalue weighted by Crippen LogP contribution is -2.04. The summed E-state index contributed by atoms with van der Waals surface area (Å²) >= 11 is 4.88. The second kappa shape index (κ2) is 2.84. The molecule has 0 amide bonds. The fraction of sp³-hybridized carbons (Fsp3) is 0.286. The number of nitrogens with zero attached hydrogens (tertiary/aromatic N) is 1. The lowest BCUT2D eigenvalue weighted by atomic mass is 10.3. The van der Waals surface area contributed by atoms with Gasteiger partial charge >= 0.3 is 0 Å². The Morgan fingerprint density at radius 3 is 2.70 bits per heavy atom. The summed E-state index contributed by atoms with van der Waals surface area (Å²) in [5.41, 5.74) is 0.958. The summed E-state index contributed by atoms with van der Waals surface area (Å²) in [7, 11) is 3.89. The van der Waals surface area contributed by atoms with Gasteiger partial charge in [-0.05, 0) is 18.3 Å². The van der Waals surface area contributed by atoms with Crippen molar-refractivity contribution in [1.82, 2.24) is 4.90 Å². The molecule has 0 atom stereocenters. The van der Waals surface area contributed by atoms with Gasteiger partial charge in [-0.25, -0.2) is 0 Å². The molecule has 0 bridgehead atoms. The van der Waals surface area contributed by atoms with E-state index in [1.54, 1.807) is 6.26 Å². The van der Waals surface area contributed by atoms with E-state index in [0.29, 0.717) is 5.05 Å². The third-order valence-electron chi connectivity index (χ3n) is 1.06. The van der Waals surface area contributed by atoms with Crippen molar-refractivity contribution >= 4 is 17.3 Å². The molecule has 1 rings (SSSR count). The first kappa shape index (κ1) is 7.28. The zero-order chi connectivity index (χ0) is 7.56. The average molecular weight is 155 g/mol. The van der Waals surface area contributed by atoms with E-state index in [0.717, 1.165) is 5.57 Å². The van der Waals surface area contributed by atoms with Crippen LogP contribution in [0, 0.1) is 0 Å². The summed E-state index contributed by atoms with van der Waals surface area (Å²) in [4.78, 5) is 1.93. The van der Waals surface area contributed by atoms with Crippen LogP contribution in [0.15, 0.2) is 24.1 Å². The number of thiocarbonyl (C=S) groups is 1. The molecule has 1 heterocycles. The first-order valence-corrected chi connectivity index (χ1v) is 3.37. The Balaban J connectivity index is 2.72. The number of hydrogen-bond donors (Lipinski definition) is 0. The Bertz CT molecular complexity index is 206. The Hall–Kier alpha value is -0.830. The van der Waals surface area contributed by atoms with Gasteiger partial charge in [0.25, 0.3) is 0 Å². The van der Waals surface area contributed by atoms with E-state index in [-0.39, 0.29) is 0 Å². The maximum absolute atomic E-state index is 4.92. The summed E-state index contributed by atoms with van der Waals surface area (Å²) in [6, 6.07) is 0. The van der Waals surface area contributed by atoms with E-state index < -0.39 is 0 Å². The van der Waals surface area contributed by atoms with Crippen LogP contribution in [0.25, 0.3) is 0 Å². The fourth-order valence-electron chi connectivity index (χ4n) is 0.679.